The summed E-state index contributed by atoms with van der Waals surface area (Å²) in [6.07, 6.45) is -0.0648. The smallest absolute Gasteiger partial charge is 0.341 e. The highest BCUT2D eigenvalue weighted by molar-refractivity contribution is 7.19. The van der Waals surface area contributed by atoms with Crippen molar-refractivity contribution < 1.29 is 19.1 Å². The maximum atomic E-state index is 13.0. The van der Waals surface area contributed by atoms with E-state index in [-0.39, 0.29) is 22.6 Å². The van der Waals surface area contributed by atoms with Crippen LogP contribution in [0.3, 0.4) is 0 Å². The van der Waals surface area contributed by atoms with Crippen LogP contribution in [0, 0.1) is 19.3 Å². The summed E-state index contributed by atoms with van der Waals surface area (Å²) in [5, 5.41) is 5.84. The van der Waals surface area contributed by atoms with E-state index in [2.05, 4.69) is 10.6 Å². The van der Waals surface area contributed by atoms with E-state index in [4.69, 9.17) is 27.9 Å². The summed E-state index contributed by atoms with van der Waals surface area (Å²) < 4.78 is 4.18. The number of hydrogen-bond acceptors (Lipinski definition) is 5. The topological polar surface area (TPSA) is 84.5 Å². The SMILES string of the molecule is Cc1ccccc1NC(=O)c1sc(NC(=O)[C@@]2(C)CC2(Cl)Cl)c(C(=O)OC(C)C)c1C. The Morgan fingerprint density at radius 3 is 2.29 bits per heavy atom. The van der Waals surface area contributed by atoms with Gasteiger partial charge in [0.25, 0.3) is 5.91 Å². The molecule has 6 nitrogen and oxygen atoms in total. The molecule has 0 radical (unpaired) electrons. The molecular formula is C22H24Cl2N2O4S. The molecular weight excluding hydrogens is 459 g/mol. The van der Waals surface area contributed by atoms with E-state index >= 15 is 0 Å². The van der Waals surface area contributed by atoms with Crippen LogP contribution < -0.4 is 10.6 Å². The van der Waals surface area contributed by atoms with Crippen LogP contribution in [0.5, 0.6) is 0 Å². The van der Waals surface area contributed by atoms with Crippen LogP contribution in [0.15, 0.2) is 24.3 Å². The van der Waals surface area contributed by atoms with Crippen LogP contribution in [-0.2, 0) is 9.53 Å². The van der Waals surface area contributed by atoms with E-state index < -0.39 is 21.6 Å². The Labute approximate surface area is 195 Å². The molecule has 2 N–H and O–H groups in total. The lowest BCUT2D eigenvalue weighted by atomic mass is 10.1. The van der Waals surface area contributed by atoms with Gasteiger partial charge in [-0.2, -0.15) is 0 Å². The van der Waals surface area contributed by atoms with Gasteiger partial charge in [-0.1, -0.05) is 18.2 Å². The molecule has 1 atom stereocenters. The van der Waals surface area contributed by atoms with Gasteiger partial charge in [-0.3, -0.25) is 9.59 Å². The van der Waals surface area contributed by atoms with Crippen molar-refractivity contribution in [2.45, 2.75) is 51.5 Å². The fraction of sp³-hybridized carbons (Fsp3) is 0.409. The van der Waals surface area contributed by atoms with Gasteiger partial charge in [-0.05, 0) is 58.2 Å². The first kappa shape index (κ1) is 23.6. The van der Waals surface area contributed by atoms with Crippen LogP contribution in [0.4, 0.5) is 10.7 Å². The highest BCUT2D eigenvalue weighted by atomic mass is 35.5. The number of carbonyl (C=O) groups excluding carboxylic acids is 3. The summed E-state index contributed by atoms with van der Waals surface area (Å²) in [7, 11) is 0. The van der Waals surface area contributed by atoms with E-state index in [0.29, 0.717) is 22.5 Å². The molecule has 1 aliphatic rings. The quantitative estimate of drug-likeness (QED) is 0.408. The van der Waals surface area contributed by atoms with Crippen molar-refractivity contribution in [1.29, 1.82) is 0 Å². The number of ether oxygens (including phenoxy) is 1. The summed E-state index contributed by atoms with van der Waals surface area (Å²) >= 11 is 13.3. The molecule has 31 heavy (non-hydrogen) atoms. The number of amides is 2. The largest absolute Gasteiger partial charge is 0.459 e. The van der Waals surface area contributed by atoms with Gasteiger partial charge in [0.15, 0.2) is 0 Å². The molecule has 3 rings (SSSR count). The highest BCUT2D eigenvalue weighted by Crippen LogP contribution is 2.64. The Bertz CT molecular complexity index is 1060. The van der Waals surface area contributed by atoms with Crippen molar-refractivity contribution in [2.75, 3.05) is 10.6 Å². The zero-order valence-electron chi connectivity index (χ0n) is 17.9. The lowest BCUT2D eigenvalue weighted by Gasteiger charge is -2.13. The second-order valence-electron chi connectivity index (χ2n) is 8.15. The molecule has 1 saturated carbocycles. The van der Waals surface area contributed by atoms with Gasteiger partial charge in [0.05, 0.1) is 22.0 Å². The number of nitrogens with one attached hydrogen (secondary N) is 2. The standard InChI is InChI=1S/C22H24Cl2N2O4S/c1-11(2)30-19(28)15-13(4)16(17(27)25-14-9-7-6-8-12(14)3)31-18(15)26-20(29)21(5)10-22(21,23)24/h6-9,11H,10H2,1-5H3,(H,25,27)(H,26,29)/t21-/m1/s1. The molecule has 1 aromatic heterocycles. The van der Waals surface area contributed by atoms with Crippen molar-refractivity contribution in [2.24, 2.45) is 5.41 Å². The second-order valence-corrected chi connectivity index (χ2v) is 10.7. The minimum absolute atomic E-state index is 0.154. The van der Waals surface area contributed by atoms with Crippen LogP contribution in [0.25, 0.3) is 0 Å². The van der Waals surface area contributed by atoms with E-state index in [0.717, 1.165) is 16.9 Å². The van der Waals surface area contributed by atoms with Crippen molar-refractivity contribution >= 4 is 63.0 Å². The van der Waals surface area contributed by atoms with E-state index in [1.807, 2.05) is 25.1 Å². The molecule has 1 aromatic carbocycles. The monoisotopic (exact) mass is 482 g/mol. The number of esters is 1. The molecule has 2 aromatic rings. The molecule has 1 fully saturated rings. The van der Waals surface area contributed by atoms with Gasteiger partial charge in [0, 0.05) is 5.69 Å². The van der Waals surface area contributed by atoms with Gasteiger partial charge in [-0.25, -0.2) is 4.79 Å². The number of halogens is 2. The summed E-state index contributed by atoms with van der Waals surface area (Å²) in [4.78, 5) is 38.9. The molecule has 166 valence electrons. The van der Waals surface area contributed by atoms with Crippen LogP contribution >= 0.6 is 34.5 Å². The lowest BCUT2D eigenvalue weighted by molar-refractivity contribution is -0.120. The van der Waals surface area contributed by atoms with Crippen molar-refractivity contribution in [1.82, 2.24) is 0 Å². The molecule has 0 unspecified atom stereocenters. The molecule has 0 spiro atoms. The number of thiophene rings is 1. The fourth-order valence-corrected chi connectivity index (χ4v) is 4.91. The Kier molecular flexibility index (Phi) is 6.42. The number of alkyl halides is 2. The van der Waals surface area contributed by atoms with Crippen LogP contribution in [0.2, 0.25) is 0 Å². The number of hydrogen-bond donors (Lipinski definition) is 2. The van der Waals surface area contributed by atoms with Crippen molar-refractivity contribution in [3.8, 4) is 0 Å². The second kappa shape index (κ2) is 8.45. The van der Waals surface area contributed by atoms with Gasteiger partial charge >= 0.3 is 5.97 Å². The van der Waals surface area contributed by atoms with Crippen molar-refractivity contribution in [3.05, 3.63) is 45.8 Å². The molecule has 0 bridgehead atoms. The number of carbonyl (C=O) groups is 3. The number of para-hydroxylation sites is 1. The van der Waals surface area contributed by atoms with Crippen LogP contribution in [-0.4, -0.2) is 28.2 Å². The van der Waals surface area contributed by atoms with Gasteiger partial charge < -0.3 is 15.4 Å². The van der Waals surface area contributed by atoms with Gasteiger partial charge in [0.1, 0.15) is 9.33 Å². The molecule has 0 aliphatic heterocycles. The fourth-order valence-electron chi connectivity index (χ4n) is 3.12. The number of anilines is 2. The minimum Gasteiger partial charge on any atom is -0.459 e. The first-order valence-electron chi connectivity index (χ1n) is 9.78. The molecule has 1 heterocycles. The molecule has 0 saturated heterocycles. The maximum Gasteiger partial charge on any atom is 0.341 e. The lowest BCUT2D eigenvalue weighted by Crippen LogP contribution is -2.26. The van der Waals surface area contributed by atoms with Gasteiger partial charge in [-0.15, -0.1) is 34.5 Å². The number of rotatable bonds is 6. The summed E-state index contributed by atoms with van der Waals surface area (Å²) in [6.45, 7) is 8.64. The van der Waals surface area contributed by atoms with E-state index in [1.165, 1.54) is 0 Å². The molecule has 2 amide bonds. The van der Waals surface area contributed by atoms with E-state index in [1.54, 1.807) is 33.8 Å². The van der Waals surface area contributed by atoms with E-state index in [9.17, 15) is 14.4 Å². The molecule has 1 aliphatic carbocycles. The third-order valence-electron chi connectivity index (χ3n) is 5.28. The zero-order valence-corrected chi connectivity index (χ0v) is 20.2. The average molecular weight is 483 g/mol. The average Bonchev–Trinajstić information content (AvgIpc) is 3.01. The summed E-state index contributed by atoms with van der Waals surface area (Å²) in [6, 6.07) is 7.37. The maximum absolute atomic E-state index is 13.0. The zero-order chi connectivity index (χ0) is 23.1. The normalized spacial score (nSPS) is 19.1. The Morgan fingerprint density at radius 1 is 1.13 bits per heavy atom. The predicted molar refractivity (Wildman–Crippen MR) is 125 cm³/mol. The van der Waals surface area contributed by atoms with Crippen molar-refractivity contribution in [3.63, 3.8) is 0 Å². The predicted octanol–water partition coefficient (Wildman–Crippen LogP) is 5.70. The number of aryl methyl sites for hydroxylation is 1. The third kappa shape index (κ3) is 4.59. The first-order chi connectivity index (χ1) is 14.4. The Morgan fingerprint density at radius 2 is 1.74 bits per heavy atom. The molecule has 9 heteroatoms. The number of benzene rings is 1. The van der Waals surface area contributed by atoms with Gasteiger partial charge in [0.2, 0.25) is 5.91 Å². The minimum atomic E-state index is -1.16. The van der Waals surface area contributed by atoms with Crippen LogP contribution in [0.1, 0.15) is 58.3 Å². The summed E-state index contributed by atoms with van der Waals surface area (Å²) in [5.74, 6) is -1.40. The third-order valence-corrected chi connectivity index (χ3v) is 7.59. The summed E-state index contributed by atoms with van der Waals surface area (Å²) in [5.41, 5.74) is 1.18. The highest BCUT2D eigenvalue weighted by Gasteiger charge is 2.68. The Hall–Kier alpha value is -2.09. The first-order valence-corrected chi connectivity index (χ1v) is 11.3. The Balaban J connectivity index is 1.95.